The zero-order chi connectivity index (χ0) is 21.2. The summed E-state index contributed by atoms with van der Waals surface area (Å²) in [5.41, 5.74) is 3.49. The molecule has 6 nitrogen and oxygen atoms in total. The second-order valence-electron chi connectivity index (χ2n) is 7.96. The van der Waals surface area contributed by atoms with E-state index in [9.17, 15) is 9.59 Å². The molecule has 0 saturated heterocycles. The first kappa shape index (κ1) is 19.8. The van der Waals surface area contributed by atoms with E-state index in [1.54, 1.807) is 15.9 Å². The van der Waals surface area contributed by atoms with Crippen molar-refractivity contribution in [2.75, 3.05) is 0 Å². The number of nitrogens with zero attached hydrogens (tertiary/aromatic N) is 3. The van der Waals surface area contributed by atoms with Gasteiger partial charge in [-0.3, -0.25) is 14.3 Å². The third-order valence-corrected chi connectivity index (χ3v) is 6.57. The largest absolute Gasteiger partial charge is 0.330 e. The van der Waals surface area contributed by atoms with E-state index in [1.807, 2.05) is 51.7 Å². The first-order chi connectivity index (χ1) is 15.2. The molecular weight excluding hydrogens is 408 g/mol. The normalized spacial score (nSPS) is 14.1. The summed E-state index contributed by atoms with van der Waals surface area (Å²) in [6, 6.07) is 11.8. The molecule has 4 aromatic rings. The lowest BCUT2D eigenvalue weighted by atomic mass is 9.97. The zero-order valence-corrected chi connectivity index (χ0v) is 18.0. The third-order valence-electron chi connectivity index (χ3n) is 5.89. The molecule has 5 rings (SSSR count). The molecule has 0 unspecified atom stereocenters. The lowest BCUT2D eigenvalue weighted by Gasteiger charge is -2.14. The first-order valence-electron chi connectivity index (χ1n) is 10.7. The number of thiophene rings is 1. The quantitative estimate of drug-likeness (QED) is 0.454. The zero-order valence-electron chi connectivity index (χ0n) is 17.2. The number of imidazole rings is 1. The number of H-pyrrole nitrogens is 1. The molecule has 0 spiro atoms. The standard InChI is InChI=1S/C24H24N4O2S/c29-23-20-22(28(24(30)26-23)15-18-9-5-2-6-10-18)25-21(19-12-14-31-16-19)27(20)13-11-17-7-3-1-4-8-17/h2,5-7,9-10,12,14,16H,1,3-4,8,11,13,15H2,(H,26,29,30). The monoisotopic (exact) mass is 432 g/mol. The van der Waals surface area contributed by atoms with Crippen LogP contribution in [0.3, 0.4) is 0 Å². The minimum absolute atomic E-state index is 0.359. The molecule has 0 amide bonds. The number of benzene rings is 1. The summed E-state index contributed by atoms with van der Waals surface area (Å²) >= 11 is 1.59. The van der Waals surface area contributed by atoms with Crippen molar-refractivity contribution in [3.05, 3.63) is 85.2 Å². The molecule has 31 heavy (non-hydrogen) atoms. The molecule has 1 aromatic carbocycles. The summed E-state index contributed by atoms with van der Waals surface area (Å²) in [5.74, 6) is 0.741. The number of allylic oxidation sites excluding steroid dienone is 2. The van der Waals surface area contributed by atoms with E-state index in [2.05, 4.69) is 11.1 Å². The summed E-state index contributed by atoms with van der Waals surface area (Å²) < 4.78 is 3.56. The molecule has 7 heteroatoms. The van der Waals surface area contributed by atoms with Crippen molar-refractivity contribution < 1.29 is 0 Å². The Kier molecular flexibility index (Phi) is 5.42. The van der Waals surface area contributed by atoms with Gasteiger partial charge in [0.1, 0.15) is 5.82 Å². The van der Waals surface area contributed by atoms with Gasteiger partial charge >= 0.3 is 5.69 Å². The predicted molar refractivity (Wildman–Crippen MR) is 125 cm³/mol. The van der Waals surface area contributed by atoms with Crippen molar-refractivity contribution in [3.8, 4) is 11.4 Å². The van der Waals surface area contributed by atoms with Crippen molar-refractivity contribution >= 4 is 22.5 Å². The van der Waals surface area contributed by atoms with Crippen molar-refractivity contribution in [3.63, 3.8) is 0 Å². The van der Waals surface area contributed by atoms with E-state index in [0.29, 0.717) is 24.3 Å². The van der Waals surface area contributed by atoms with Crippen molar-refractivity contribution in [2.45, 2.75) is 45.2 Å². The van der Waals surface area contributed by atoms with Crippen LogP contribution in [0.25, 0.3) is 22.6 Å². The Morgan fingerprint density at radius 2 is 1.94 bits per heavy atom. The van der Waals surface area contributed by atoms with Gasteiger partial charge in [-0.05, 0) is 49.1 Å². The second kappa shape index (κ2) is 8.51. The van der Waals surface area contributed by atoms with Crippen LogP contribution in [-0.2, 0) is 13.1 Å². The van der Waals surface area contributed by atoms with Gasteiger partial charge in [-0.25, -0.2) is 9.78 Å². The molecular formula is C24H24N4O2S. The number of hydrogen-bond acceptors (Lipinski definition) is 4. The van der Waals surface area contributed by atoms with Crippen LogP contribution in [0.1, 0.15) is 37.7 Å². The molecule has 0 radical (unpaired) electrons. The Hall–Kier alpha value is -3.19. The highest BCUT2D eigenvalue weighted by atomic mass is 32.1. The van der Waals surface area contributed by atoms with Crippen LogP contribution in [0, 0.1) is 0 Å². The Labute approximate surface area is 183 Å². The molecule has 0 saturated carbocycles. The first-order valence-corrected chi connectivity index (χ1v) is 11.6. The van der Waals surface area contributed by atoms with Crippen molar-refractivity contribution in [2.24, 2.45) is 0 Å². The molecule has 0 bridgehead atoms. The predicted octanol–water partition coefficient (Wildman–Crippen LogP) is 4.55. The Morgan fingerprint density at radius 1 is 1.06 bits per heavy atom. The molecule has 1 aliphatic rings. The van der Waals surface area contributed by atoms with Gasteiger partial charge in [-0.2, -0.15) is 11.3 Å². The van der Waals surface area contributed by atoms with E-state index < -0.39 is 5.69 Å². The summed E-state index contributed by atoms with van der Waals surface area (Å²) in [6.45, 7) is 1.03. The molecule has 0 aliphatic heterocycles. The average Bonchev–Trinajstić information content (AvgIpc) is 3.45. The molecule has 3 aromatic heterocycles. The maximum absolute atomic E-state index is 12.9. The third kappa shape index (κ3) is 3.93. The minimum Gasteiger partial charge on any atom is -0.318 e. The highest BCUT2D eigenvalue weighted by molar-refractivity contribution is 7.08. The fourth-order valence-electron chi connectivity index (χ4n) is 4.30. The second-order valence-corrected chi connectivity index (χ2v) is 8.74. The number of fused-ring (bicyclic) bond motifs is 1. The molecule has 1 aliphatic carbocycles. The number of nitrogens with one attached hydrogen (secondary N) is 1. The SMILES string of the molecule is O=c1[nH]c(=O)n(Cc2ccccc2)c2nc(-c3ccsc3)n(CCC3=CCCCC3)c12. The minimum atomic E-state index is -0.433. The van der Waals surface area contributed by atoms with Crippen LogP contribution in [0.2, 0.25) is 0 Å². The molecule has 158 valence electrons. The fourth-order valence-corrected chi connectivity index (χ4v) is 4.94. The smallest absolute Gasteiger partial charge is 0.318 e. The molecule has 0 atom stereocenters. The number of hydrogen-bond donors (Lipinski definition) is 1. The van der Waals surface area contributed by atoms with E-state index >= 15 is 0 Å². The van der Waals surface area contributed by atoms with Crippen LogP contribution in [0.5, 0.6) is 0 Å². The number of aromatic amines is 1. The average molecular weight is 433 g/mol. The lowest BCUT2D eigenvalue weighted by Crippen LogP contribution is -2.31. The van der Waals surface area contributed by atoms with Gasteiger partial charge < -0.3 is 4.57 Å². The van der Waals surface area contributed by atoms with Gasteiger partial charge in [-0.15, -0.1) is 0 Å². The maximum Gasteiger partial charge on any atom is 0.330 e. The lowest BCUT2D eigenvalue weighted by molar-refractivity contribution is 0.634. The van der Waals surface area contributed by atoms with Gasteiger partial charge in [-0.1, -0.05) is 42.0 Å². The van der Waals surface area contributed by atoms with E-state index in [4.69, 9.17) is 4.98 Å². The van der Waals surface area contributed by atoms with Gasteiger partial charge in [0.25, 0.3) is 5.56 Å². The van der Waals surface area contributed by atoms with Crippen LogP contribution < -0.4 is 11.2 Å². The van der Waals surface area contributed by atoms with Gasteiger partial charge in [0.2, 0.25) is 0 Å². The van der Waals surface area contributed by atoms with Crippen molar-refractivity contribution in [1.29, 1.82) is 0 Å². The van der Waals surface area contributed by atoms with Crippen LogP contribution in [-0.4, -0.2) is 19.1 Å². The fraction of sp³-hybridized carbons (Fsp3) is 0.292. The summed E-state index contributed by atoms with van der Waals surface area (Å²) in [4.78, 5) is 33.0. The number of rotatable bonds is 6. The summed E-state index contributed by atoms with van der Waals surface area (Å²) in [7, 11) is 0. The number of aromatic nitrogens is 4. The highest BCUT2D eigenvalue weighted by Crippen LogP contribution is 2.27. The van der Waals surface area contributed by atoms with Gasteiger partial charge in [0, 0.05) is 17.5 Å². The van der Waals surface area contributed by atoms with E-state index in [1.165, 1.54) is 18.4 Å². The van der Waals surface area contributed by atoms with E-state index in [0.717, 1.165) is 36.2 Å². The Bertz CT molecular complexity index is 1340. The summed E-state index contributed by atoms with van der Waals surface area (Å²) in [6.07, 6.45) is 7.96. The molecule has 0 fully saturated rings. The van der Waals surface area contributed by atoms with Crippen LogP contribution in [0.15, 0.2) is 68.4 Å². The topological polar surface area (TPSA) is 72.7 Å². The van der Waals surface area contributed by atoms with Crippen molar-refractivity contribution in [1.82, 2.24) is 19.1 Å². The summed E-state index contributed by atoms with van der Waals surface area (Å²) in [5, 5.41) is 4.04. The van der Waals surface area contributed by atoms with Gasteiger partial charge in [0.05, 0.1) is 6.54 Å². The van der Waals surface area contributed by atoms with Crippen LogP contribution >= 0.6 is 11.3 Å². The number of aryl methyl sites for hydroxylation is 1. The molecule has 3 heterocycles. The van der Waals surface area contributed by atoms with Gasteiger partial charge in [0.15, 0.2) is 11.2 Å². The highest BCUT2D eigenvalue weighted by Gasteiger charge is 2.20. The van der Waals surface area contributed by atoms with Crippen LogP contribution in [0.4, 0.5) is 0 Å². The Balaban J connectivity index is 1.65. The maximum atomic E-state index is 12.9. The molecule has 1 N–H and O–H groups in total. The Morgan fingerprint density at radius 3 is 2.68 bits per heavy atom. The van der Waals surface area contributed by atoms with E-state index in [-0.39, 0.29) is 5.56 Å².